The van der Waals surface area contributed by atoms with Crippen molar-refractivity contribution in [2.24, 2.45) is 5.92 Å². The van der Waals surface area contributed by atoms with Gasteiger partial charge in [-0.15, -0.1) is 0 Å². The summed E-state index contributed by atoms with van der Waals surface area (Å²) in [7, 11) is 1.54. The van der Waals surface area contributed by atoms with Gasteiger partial charge in [0.2, 0.25) is 5.78 Å². The predicted octanol–water partition coefficient (Wildman–Crippen LogP) is 3.66. The summed E-state index contributed by atoms with van der Waals surface area (Å²) in [5.74, 6) is -0.609. The average Bonchev–Trinajstić information content (AvgIpc) is 2.71. The van der Waals surface area contributed by atoms with Crippen LogP contribution in [-0.4, -0.2) is 37.0 Å². The lowest BCUT2D eigenvalue weighted by Gasteiger charge is -2.23. The number of Topliss-reactive ketones (excluding diaryl/α,β-unsaturated/α-hetero) is 1. The van der Waals surface area contributed by atoms with Gasteiger partial charge in [0.15, 0.2) is 6.10 Å². The normalized spacial score (nSPS) is 12.6. The summed E-state index contributed by atoms with van der Waals surface area (Å²) >= 11 is 0. The van der Waals surface area contributed by atoms with E-state index in [1.807, 2.05) is 6.07 Å². The lowest BCUT2D eigenvalue weighted by atomic mass is 10.0. The molecule has 0 bridgehead atoms. The van der Waals surface area contributed by atoms with Crippen molar-refractivity contribution in [2.45, 2.75) is 32.9 Å². The molecule has 2 aromatic carbocycles. The van der Waals surface area contributed by atoms with Gasteiger partial charge in [-0.05, 0) is 49.2 Å². The molecule has 0 fully saturated rings. The number of hydrogen-bond donors (Lipinski definition) is 2. The Labute approximate surface area is 170 Å². The first-order valence-electron chi connectivity index (χ1n) is 9.33. The summed E-state index contributed by atoms with van der Waals surface area (Å²) < 4.78 is 10.4. The second-order valence-electron chi connectivity index (χ2n) is 6.86. The van der Waals surface area contributed by atoms with E-state index in [4.69, 9.17) is 9.47 Å². The van der Waals surface area contributed by atoms with Crippen LogP contribution in [0.2, 0.25) is 0 Å². The third-order valence-electron chi connectivity index (χ3n) is 4.28. The largest absolute Gasteiger partial charge is 0.497 e. The second kappa shape index (κ2) is 10.3. The minimum atomic E-state index is -0.990. The van der Waals surface area contributed by atoms with Crippen LogP contribution >= 0.6 is 0 Å². The van der Waals surface area contributed by atoms with Crippen LogP contribution in [0.25, 0.3) is 0 Å². The van der Waals surface area contributed by atoms with Crippen molar-refractivity contribution in [1.29, 1.82) is 0 Å². The Hall–Kier alpha value is -3.35. The van der Waals surface area contributed by atoms with E-state index in [0.29, 0.717) is 17.0 Å². The maximum Gasteiger partial charge on any atom is 0.329 e. The molecule has 0 radical (unpaired) electrons. The Morgan fingerprint density at radius 3 is 2.07 bits per heavy atom. The number of methoxy groups -OCH3 is 1. The number of esters is 1. The monoisotopic (exact) mass is 398 g/mol. The first kappa shape index (κ1) is 21.9. The van der Waals surface area contributed by atoms with Crippen molar-refractivity contribution >= 4 is 23.5 Å². The highest BCUT2D eigenvalue weighted by Crippen LogP contribution is 2.15. The zero-order valence-corrected chi connectivity index (χ0v) is 17.0. The van der Waals surface area contributed by atoms with Crippen LogP contribution in [0.4, 0.5) is 10.5 Å². The van der Waals surface area contributed by atoms with Crippen molar-refractivity contribution in [3.63, 3.8) is 0 Å². The summed E-state index contributed by atoms with van der Waals surface area (Å²) in [6, 6.07) is 14.0. The van der Waals surface area contributed by atoms with Crippen molar-refractivity contribution < 1.29 is 23.9 Å². The minimum Gasteiger partial charge on any atom is -0.497 e. The molecule has 2 rings (SSSR count). The first-order chi connectivity index (χ1) is 13.8. The lowest BCUT2D eigenvalue weighted by Crippen LogP contribution is -2.48. The van der Waals surface area contributed by atoms with E-state index in [2.05, 4.69) is 10.6 Å². The molecule has 0 saturated carbocycles. The molecule has 0 heterocycles. The molecule has 0 spiro atoms. The molecule has 2 aromatic rings. The van der Waals surface area contributed by atoms with Crippen LogP contribution in [0.3, 0.4) is 0 Å². The number of rotatable bonds is 8. The Bertz CT molecular complexity index is 834. The van der Waals surface area contributed by atoms with E-state index in [0.717, 1.165) is 0 Å². The van der Waals surface area contributed by atoms with Crippen LogP contribution in [0.15, 0.2) is 54.6 Å². The van der Waals surface area contributed by atoms with Crippen LogP contribution in [-0.2, 0) is 9.53 Å². The lowest BCUT2D eigenvalue weighted by molar-refractivity contribution is -0.149. The highest BCUT2D eigenvalue weighted by molar-refractivity contribution is 6.00. The quantitative estimate of drug-likeness (QED) is 0.523. The van der Waals surface area contributed by atoms with Gasteiger partial charge in [-0.3, -0.25) is 4.79 Å². The molecule has 2 N–H and O–H groups in total. The van der Waals surface area contributed by atoms with E-state index in [9.17, 15) is 14.4 Å². The number of benzene rings is 2. The summed E-state index contributed by atoms with van der Waals surface area (Å²) in [5.41, 5.74) is 1.01. The third kappa shape index (κ3) is 6.34. The van der Waals surface area contributed by atoms with E-state index in [1.165, 1.54) is 14.0 Å². The van der Waals surface area contributed by atoms with Gasteiger partial charge < -0.3 is 20.1 Å². The van der Waals surface area contributed by atoms with E-state index >= 15 is 0 Å². The topological polar surface area (TPSA) is 93.7 Å². The molecule has 7 heteroatoms. The highest BCUT2D eigenvalue weighted by atomic mass is 16.5. The highest BCUT2D eigenvalue weighted by Gasteiger charge is 2.29. The van der Waals surface area contributed by atoms with Crippen molar-refractivity contribution in [2.75, 3.05) is 12.4 Å². The Balaban J connectivity index is 1.98. The molecule has 29 heavy (non-hydrogen) atoms. The number of ether oxygens (including phenoxy) is 2. The molecule has 0 unspecified atom stereocenters. The van der Waals surface area contributed by atoms with E-state index in [-0.39, 0.29) is 11.7 Å². The number of carbonyl (C=O) groups is 3. The number of anilines is 1. The van der Waals surface area contributed by atoms with Crippen LogP contribution in [0.1, 0.15) is 31.1 Å². The van der Waals surface area contributed by atoms with Crippen LogP contribution < -0.4 is 15.4 Å². The fourth-order valence-corrected chi connectivity index (χ4v) is 2.62. The smallest absolute Gasteiger partial charge is 0.329 e. The van der Waals surface area contributed by atoms with Crippen molar-refractivity contribution in [3.8, 4) is 5.75 Å². The predicted molar refractivity (Wildman–Crippen MR) is 110 cm³/mol. The first-order valence-corrected chi connectivity index (χ1v) is 9.33. The Morgan fingerprint density at radius 1 is 0.897 bits per heavy atom. The molecular formula is C22H26N2O5. The van der Waals surface area contributed by atoms with Gasteiger partial charge in [0.05, 0.1) is 7.11 Å². The number of amides is 2. The number of nitrogens with one attached hydrogen (secondary N) is 2. The minimum absolute atomic E-state index is 0.229. The molecule has 2 atom stereocenters. The molecule has 154 valence electrons. The van der Waals surface area contributed by atoms with Crippen molar-refractivity contribution in [1.82, 2.24) is 5.32 Å². The zero-order chi connectivity index (χ0) is 21.4. The second-order valence-corrected chi connectivity index (χ2v) is 6.86. The van der Waals surface area contributed by atoms with Gasteiger partial charge >= 0.3 is 12.0 Å². The summed E-state index contributed by atoms with van der Waals surface area (Å²) in [4.78, 5) is 37.3. The zero-order valence-electron chi connectivity index (χ0n) is 17.0. The van der Waals surface area contributed by atoms with Gasteiger partial charge in [-0.25, -0.2) is 9.59 Å². The molecule has 0 aliphatic rings. The Morgan fingerprint density at radius 2 is 1.52 bits per heavy atom. The number of hydrogen-bond acceptors (Lipinski definition) is 5. The van der Waals surface area contributed by atoms with Gasteiger partial charge in [-0.1, -0.05) is 32.0 Å². The average molecular weight is 398 g/mol. The number of urea groups is 1. The molecule has 7 nitrogen and oxygen atoms in total. The van der Waals surface area contributed by atoms with Gasteiger partial charge in [0, 0.05) is 11.3 Å². The standard InChI is InChI=1S/C22H26N2O5/c1-14(2)19(24-22(27)23-17-8-6-5-7-9-17)21(26)29-15(3)20(25)16-10-12-18(28-4)13-11-16/h5-15,19H,1-4H3,(H2,23,24,27)/t15-,19+/m1/s1. The maximum atomic E-state index is 12.6. The summed E-state index contributed by atoms with van der Waals surface area (Å²) in [6.45, 7) is 5.07. The van der Waals surface area contributed by atoms with Crippen LogP contribution in [0.5, 0.6) is 5.75 Å². The molecule has 0 aliphatic heterocycles. The van der Waals surface area contributed by atoms with Crippen LogP contribution in [0, 0.1) is 5.92 Å². The van der Waals surface area contributed by atoms with Crippen molar-refractivity contribution in [3.05, 3.63) is 60.2 Å². The van der Waals surface area contributed by atoms with Gasteiger partial charge in [0.1, 0.15) is 11.8 Å². The van der Waals surface area contributed by atoms with E-state index < -0.39 is 24.1 Å². The fraction of sp³-hybridized carbons (Fsp3) is 0.318. The number of para-hydroxylation sites is 1. The van der Waals surface area contributed by atoms with Gasteiger partial charge in [-0.2, -0.15) is 0 Å². The molecule has 0 aromatic heterocycles. The number of ketones is 1. The van der Waals surface area contributed by atoms with Gasteiger partial charge in [0.25, 0.3) is 0 Å². The fourth-order valence-electron chi connectivity index (χ4n) is 2.62. The molecule has 2 amide bonds. The third-order valence-corrected chi connectivity index (χ3v) is 4.28. The van der Waals surface area contributed by atoms with E-state index in [1.54, 1.807) is 62.4 Å². The maximum absolute atomic E-state index is 12.6. The molecule has 0 saturated heterocycles. The summed E-state index contributed by atoms with van der Waals surface area (Å²) in [6.07, 6.45) is -0.990. The Kier molecular flexibility index (Phi) is 7.77. The summed E-state index contributed by atoms with van der Waals surface area (Å²) in [5, 5.41) is 5.27. The number of carbonyl (C=O) groups excluding carboxylic acids is 3. The molecule has 0 aliphatic carbocycles. The molecular weight excluding hydrogens is 372 g/mol. The SMILES string of the molecule is COc1ccc(C(=O)[C@@H](C)OC(=O)[C@@H](NC(=O)Nc2ccccc2)C(C)C)cc1.